The Kier molecular flexibility index (Phi) is 4.69. The van der Waals surface area contributed by atoms with Crippen molar-refractivity contribution in [3.05, 3.63) is 24.2 Å². The molecular weight excluding hydrogens is 314 g/mol. The van der Waals surface area contributed by atoms with Crippen molar-refractivity contribution in [1.29, 1.82) is 0 Å². The highest BCUT2D eigenvalue weighted by molar-refractivity contribution is 5.94. The molecule has 0 spiro atoms. The highest BCUT2D eigenvalue weighted by Gasteiger charge is 2.29. The van der Waals surface area contributed by atoms with E-state index in [2.05, 4.69) is 26.0 Å². The number of ether oxygens (including phenoxy) is 1. The van der Waals surface area contributed by atoms with E-state index < -0.39 is 11.9 Å². The fraction of sp³-hybridized carbons (Fsp3) is 0.400. The standard InChI is InChI=1S/C15H17N5O4/c1-2-23-12(22)8-11(21)18-19-14-10(4-3-7-16-14)15-17-13(20-24-15)9-5-6-9/h3-4,7,9H,2,5-6,8H2,1H3,(H,16,19)(H,18,21). The van der Waals surface area contributed by atoms with Gasteiger partial charge in [-0.3, -0.25) is 20.4 Å². The summed E-state index contributed by atoms with van der Waals surface area (Å²) in [5.74, 6) is 0.608. The van der Waals surface area contributed by atoms with Gasteiger partial charge in [0, 0.05) is 12.1 Å². The van der Waals surface area contributed by atoms with E-state index in [1.165, 1.54) is 0 Å². The summed E-state index contributed by atoms with van der Waals surface area (Å²) in [5, 5.41) is 3.96. The van der Waals surface area contributed by atoms with Gasteiger partial charge >= 0.3 is 5.97 Å². The number of hydrazine groups is 1. The van der Waals surface area contributed by atoms with Crippen LogP contribution in [0.4, 0.5) is 5.82 Å². The third-order valence-electron chi connectivity index (χ3n) is 3.35. The zero-order valence-electron chi connectivity index (χ0n) is 13.1. The van der Waals surface area contributed by atoms with Crippen LogP contribution in [0.5, 0.6) is 0 Å². The summed E-state index contributed by atoms with van der Waals surface area (Å²) in [6, 6.07) is 3.47. The zero-order chi connectivity index (χ0) is 16.9. The van der Waals surface area contributed by atoms with Gasteiger partial charge in [-0.05, 0) is 31.9 Å². The number of hydrogen-bond donors (Lipinski definition) is 2. The molecule has 1 saturated carbocycles. The van der Waals surface area contributed by atoms with E-state index in [0.29, 0.717) is 29.0 Å². The maximum absolute atomic E-state index is 11.7. The number of nitrogens with zero attached hydrogens (tertiary/aromatic N) is 3. The molecule has 0 atom stereocenters. The maximum Gasteiger partial charge on any atom is 0.315 e. The molecule has 1 aliphatic carbocycles. The van der Waals surface area contributed by atoms with E-state index in [4.69, 9.17) is 9.26 Å². The molecule has 126 valence electrons. The lowest BCUT2D eigenvalue weighted by Crippen LogP contribution is -2.32. The molecule has 2 aromatic heterocycles. The van der Waals surface area contributed by atoms with Crippen LogP contribution in [0.25, 0.3) is 11.5 Å². The van der Waals surface area contributed by atoms with Gasteiger partial charge in [-0.15, -0.1) is 0 Å². The number of anilines is 1. The number of amides is 1. The predicted octanol–water partition coefficient (Wildman–Crippen LogP) is 1.41. The van der Waals surface area contributed by atoms with Crippen LogP contribution in [0, 0.1) is 0 Å². The van der Waals surface area contributed by atoms with Crippen LogP contribution in [-0.4, -0.2) is 33.6 Å². The van der Waals surface area contributed by atoms with Gasteiger partial charge in [-0.1, -0.05) is 5.16 Å². The molecule has 1 fully saturated rings. The SMILES string of the molecule is CCOC(=O)CC(=O)NNc1ncccc1-c1nc(C2CC2)no1. The third-order valence-corrected chi connectivity index (χ3v) is 3.35. The Bertz CT molecular complexity index is 741. The molecule has 2 N–H and O–H groups in total. The van der Waals surface area contributed by atoms with Crippen molar-refractivity contribution in [1.82, 2.24) is 20.6 Å². The smallest absolute Gasteiger partial charge is 0.315 e. The highest BCUT2D eigenvalue weighted by atomic mass is 16.5. The monoisotopic (exact) mass is 331 g/mol. The largest absolute Gasteiger partial charge is 0.466 e. The normalized spacial score (nSPS) is 13.4. The second kappa shape index (κ2) is 7.07. The van der Waals surface area contributed by atoms with E-state index in [1.54, 1.807) is 25.3 Å². The van der Waals surface area contributed by atoms with Crippen LogP contribution in [0.3, 0.4) is 0 Å². The number of aromatic nitrogens is 3. The summed E-state index contributed by atoms with van der Waals surface area (Å²) in [4.78, 5) is 31.5. The van der Waals surface area contributed by atoms with Crippen molar-refractivity contribution in [3.63, 3.8) is 0 Å². The molecule has 3 rings (SSSR count). The molecule has 24 heavy (non-hydrogen) atoms. The summed E-state index contributed by atoms with van der Waals surface area (Å²) < 4.78 is 9.98. The molecule has 0 saturated heterocycles. The molecule has 0 aromatic carbocycles. The van der Waals surface area contributed by atoms with Gasteiger partial charge < -0.3 is 9.26 Å². The Morgan fingerprint density at radius 3 is 3.00 bits per heavy atom. The van der Waals surface area contributed by atoms with Crippen molar-refractivity contribution in [2.45, 2.75) is 32.1 Å². The topological polar surface area (TPSA) is 119 Å². The summed E-state index contributed by atoms with van der Waals surface area (Å²) in [6.07, 6.45) is 3.32. The van der Waals surface area contributed by atoms with Gasteiger partial charge in [0.25, 0.3) is 5.89 Å². The first-order chi connectivity index (χ1) is 11.7. The second-order valence-corrected chi connectivity index (χ2v) is 5.29. The first kappa shape index (κ1) is 15.9. The van der Waals surface area contributed by atoms with Crippen LogP contribution in [-0.2, 0) is 14.3 Å². The van der Waals surface area contributed by atoms with E-state index >= 15 is 0 Å². The van der Waals surface area contributed by atoms with E-state index in [9.17, 15) is 9.59 Å². The molecule has 0 unspecified atom stereocenters. The number of rotatable bonds is 7. The van der Waals surface area contributed by atoms with Gasteiger partial charge in [0.1, 0.15) is 6.42 Å². The van der Waals surface area contributed by atoms with Gasteiger partial charge in [-0.25, -0.2) is 4.98 Å². The number of pyridine rings is 1. The Hall–Kier alpha value is -2.97. The number of nitrogens with one attached hydrogen (secondary N) is 2. The highest BCUT2D eigenvalue weighted by Crippen LogP contribution is 2.39. The van der Waals surface area contributed by atoms with Gasteiger partial charge in [0.05, 0.1) is 12.2 Å². The Morgan fingerprint density at radius 2 is 2.25 bits per heavy atom. The lowest BCUT2D eigenvalue weighted by Gasteiger charge is -2.09. The van der Waals surface area contributed by atoms with Crippen molar-refractivity contribution in [2.24, 2.45) is 0 Å². The molecule has 2 aromatic rings. The minimum absolute atomic E-state index is 0.227. The van der Waals surface area contributed by atoms with Crippen molar-refractivity contribution >= 4 is 17.7 Å². The molecule has 9 heteroatoms. The van der Waals surface area contributed by atoms with E-state index in [1.807, 2.05) is 0 Å². The van der Waals surface area contributed by atoms with Crippen LogP contribution < -0.4 is 10.9 Å². The molecule has 9 nitrogen and oxygen atoms in total. The number of hydrogen-bond acceptors (Lipinski definition) is 8. The fourth-order valence-electron chi connectivity index (χ4n) is 2.05. The molecule has 0 bridgehead atoms. The maximum atomic E-state index is 11.7. The number of esters is 1. The average Bonchev–Trinajstić information content (AvgIpc) is 3.31. The van der Waals surface area contributed by atoms with Crippen LogP contribution in [0.15, 0.2) is 22.9 Å². The molecule has 0 radical (unpaired) electrons. The quantitative estimate of drug-likeness (QED) is 0.444. The average molecular weight is 331 g/mol. The van der Waals surface area contributed by atoms with E-state index in [0.717, 1.165) is 12.8 Å². The first-order valence-electron chi connectivity index (χ1n) is 7.67. The van der Waals surface area contributed by atoms with Gasteiger partial charge in [0.15, 0.2) is 11.6 Å². The molecule has 1 aliphatic rings. The van der Waals surface area contributed by atoms with Crippen LogP contribution in [0.1, 0.15) is 37.9 Å². The lowest BCUT2D eigenvalue weighted by atomic mass is 10.2. The summed E-state index contributed by atoms with van der Waals surface area (Å²) in [6.45, 7) is 1.90. The summed E-state index contributed by atoms with van der Waals surface area (Å²) >= 11 is 0. The summed E-state index contributed by atoms with van der Waals surface area (Å²) in [5.41, 5.74) is 5.63. The van der Waals surface area contributed by atoms with E-state index in [-0.39, 0.29) is 13.0 Å². The lowest BCUT2D eigenvalue weighted by molar-refractivity contribution is -0.145. The third kappa shape index (κ3) is 3.86. The fourth-order valence-corrected chi connectivity index (χ4v) is 2.05. The Morgan fingerprint density at radius 1 is 1.42 bits per heavy atom. The van der Waals surface area contributed by atoms with Crippen LogP contribution in [0.2, 0.25) is 0 Å². The number of carbonyl (C=O) groups is 2. The van der Waals surface area contributed by atoms with Crippen molar-refractivity contribution in [3.8, 4) is 11.5 Å². The molecule has 2 heterocycles. The van der Waals surface area contributed by atoms with Gasteiger partial charge in [-0.2, -0.15) is 4.98 Å². The number of carbonyl (C=O) groups excluding carboxylic acids is 2. The van der Waals surface area contributed by atoms with Gasteiger partial charge in [0.2, 0.25) is 5.91 Å². The predicted molar refractivity (Wildman–Crippen MR) is 82.5 cm³/mol. The summed E-state index contributed by atoms with van der Waals surface area (Å²) in [7, 11) is 0. The molecular formula is C15H17N5O4. The zero-order valence-corrected chi connectivity index (χ0v) is 13.1. The van der Waals surface area contributed by atoms with Crippen LogP contribution >= 0.6 is 0 Å². The molecule has 1 amide bonds. The Balaban J connectivity index is 1.65. The Labute approximate surface area is 137 Å². The van der Waals surface area contributed by atoms with Crippen molar-refractivity contribution in [2.75, 3.05) is 12.0 Å². The second-order valence-electron chi connectivity index (χ2n) is 5.29. The van der Waals surface area contributed by atoms with Crippen molar-refractivity contribution < 1.29 is 18.8 Å². The minimum Gasteiger partial charge on any atom is -0.466 e. The first-order valence-corrected chi connectivity index (χ1v) is 7.67. The minimum atomic E-state index is -0.593. The molecule has 0 aliphatic heterocycles.